The lowest BCUT2D eigenvalue weighted by Crippen LogP contribution is -2.46. The average Bonchev–Trinajstić information content (AvgIpc) is 3.25. The van der Waals surface area contributed by atoms with Gasteiger partial charge in [0, 0.05) is 5.56 Å². The van der Waals surface area contributed by atoms with Gasteiger partial charge in [0.2, 0.25) is 5.82 Å². The summed E-state index contributed by atoms with van der Waals surface area (Å²) in [5.74, 6) is 7.12. The maximum atomic E-state index is 6.24. The minimum Gasteiger partial charge on any atom is -0.337 e. The smallest absolute Gasteiger partial charge is 0.250 e. The van der Waals surface area contributed by atoms with E-state index in [1.54, 1.807) is 18.2 Å². The molecule has 3 N–H and O–H groups in total. The van der Waals surface area contributed by atoms with E-state index in [-0.39, 0.29) is 0 Å². The van der Waals surface area contributed by atoms with Crippen molar-refractivity contribution in [2.45, 2.75) is 6.04 Å². The number of hydrogen-bond acceptors (Lipinski definition) is 6. The Bertz CT molecular complexity index is 1090. The second kappa shape index (κ2) is 8.63. The highest BCUT2D eigenvalue weighted by Gasteiger charge is 2.23. The van der Waals surface area contributed by atoms with Crippen LogP contribution in [0.4, 0.5) is 5.69 Å². The van der Waals surface area contributed by atoms with E-state index >= 15 is 0 Å². The minimum atomic E-state index is -0.472. The second-order valence-electron chi connectivity index (χ2n) is 6.26. The highest BCUT2D eigenvalue weighted by atomic mass is 35.5. The summed E-state index contributed by atoms with van der Waals surface area (Å²) >= 11 is 12.1. The summed E-state index contributed by atoms with van der Waals surface area (Å²) in [5.41, 5.74) is 5.59. The van der Waals surface area contributed by atoms with E-state index in [1.165, 1.54) is 5.12 Å². The fourth-order valence-corrected chi connectivity index (χ4v) is 3.12. The van der Waals surface area contributed by atoms with Gasteiger partial charge in [-0.05, 0) is 23.8 Å². The molecule has 1 unspecified atom stereocenters. The van der Waals surface area contributed by atoms with Gasteiger partial charge in [0.15, 0.2) is 0 Å². The van der Waals surface area contributed by atoms with Crippen LogP contribution in [-0.4, -0.2) is 10.1 Å². The van der Waals surface area contributed by atoms with E-state index in [0.717, 1.165) is 11.1 Å². The van der Waals surface area contributed by atoms with Gasteiger partial charge in [-0.25, -0.2) is 16.4 Å². The Hall–Kier alpha value is -2.90. The first-order valence-corrected chi connectivity index (χ1v) is 9.57. The third kappa shape index (κ3) is 4.41. The Morgan fingerprint density at radius 3 is 2.28 bits per heavy atom. The fraction of sp³-hybridized carbons (Fsp3) is 0.0476. The first kappa shape index (κ1) is 19.4. The third-order valence-corrected chi connectivity index (χ3v) is 5.04. The van der Waals surface area contributed by atoms with Gasteiger partial charge in [-0.15, -0.1) is 0 Å². The second-order valence-corrected chi connectivity index (χ2v) is 7.08. The Balaban J connectivity index is 1.66. The molecule has 0 aliphatic rings. The molecule has 0 fully saturated rings. The molecule has 6 nitrogen and oxygen atoms in total. The number of benzene rings is 3. The summed E-state index contributed by atoms with van der Waals surface area (Å²) in [7, 11) is 0. The number of hydrogen-bond donors (Lipinski definition) is 2. The molecule has 0 aliphatic heterocycles. The maximum absolute atomic E-state index is 6.24. The number of nitrogens with zero attached hydrogens (tertiary/aromatic N) is 3. The molecule has 0 spiro atoms. The van der Waals surface area contributed by atoms with Crippen molar-refractivity contribution >= 4 is 28.9 Å². The van der Waals surface area contributed by atoms with Gasteiger partial charge in [-0.2, -0.15) is 4.98 Å². The zero-order chi connectivity index (χ0) is 20.2. The molecule has 0 amide bonds. The number of nitrogens with one attached hydrogen (secondary N) is 1. The lowest BCUT2D eigenvalue weighted by Gasteiger charge is -2.25. The molecule has 29 heavy (non-hydrogen) atoms. The number of anilines is 1. The first-order chi connectivity index (χ1) is 14.1. The molecule has 1 heterocycles. The normalized spacial score (nSPS) is 12.0. The van der Waals surface area contributed by atoms with Crippen LogP contribution in [0.15, 0.2) is 83.4 Å². The van der Waals surface area contributed by atoms with Crippen LogP contribution in [0.1, 0.15) is 17.5 Å². The Labute approximate surface area is 177 Å². The molecule has 0 radical (unpaired) electrons. The molecule has 4 aromatic rings. The van der Waals surface area contributed by atoms with Gasteiger partial charge < -0.3 is 4.52 Å². The molecule has 0 bridgehead atoms. The van der Waals surface area contributed by atoms with Gasteiger partial charge in [-0.3, -0.25) is 0 Å². The van der Waals surface area contributed by atoms with Crippen LogP contribution in [0.5, 0.6) is 0 Å². The topological polar surface area (TPSA) is 80.2 Å². The summed E-state index contributed by atoms with van der Waals surface area (Å²) in [5, 5.41) is 6.32. The highest BCUT2D eigenvalue weighted by Crippen LogP contribution is 2.28. The molecule has 0 aliphatic carbocycles. The largest absolute Gasteiger partial charge is 0.337 e. The van der Waals surface area contributed by atoms with Crippen LogP contribution in [0.2, 0.25) is 10.0 Å². The van der Waals surface area contributed by atoms with Crippen molar-refractivity contribution in [2.75, 3.05) is 5.12 Å². The summed E-state index contributed by atoms with van der Waals surface area (Å²) in [6, 6.07) is 23.9. The lowest BCUT2D eigenvalue weighted by molar-refractivity contribution is 0.345. The molecule has 0 saturated carbocycles. The van der Waals surface area contributed by atoms with Crippen molar-refractivity contribution in [3.63, 3.8) is 0 Å². The Morgan fingerprint density at radius 2 is 1.59 bits per heavy atom. The summed E-state index contributed by atoms with van der Waals surface area (Å²) in [4.78, 5) is 4.57. The first-order valence-electron chi connectivity index (χ1n) is 8.82. The molecular weight excluding hydrogens is 409 g/mol. The number of hydrazine groups is 2. The van der Waals surface area contributed by atoms with Gasteiger partial charge in [0.05, 0.1) is 15.7 Å². The number of rotatable bonds is 6. The Morgan fingerprint density at radius 1 is 0.897 bits per heavy atom. The van der Waals surface area contributed by atoms with Crippen LogP contribution in [0.25, 0.3) is 11.4 Å². The number of aromatic nitrogens is 2. The number of nitrogens with two attached hydrogens (primary N) is 1. The van der Waals surface area contributed by atoms with E-state index in [2.05, 4.69) is 15.6 Å². The quantitative estimate of drug-likeness (QED) is 0.333. The van der Waals surface area contributed by atoms with Gasteiger partial charge in [-0.1, -0.05) is 89.0 Å². The molecule has 3 aromatic carbocycles. The molecular formula is C21H17Cl2N5O. The molecule has 0 saturated heterocycles. The van der Waals surface area contributed by atoms with E-state index in [4.69, 9.17) is 33.6 Å². The fourth-order valence-electron chi connectivity index (χ4n) is 2.82. The van der Waals surface area contributed by atoms with Gasteiger partial charge in [0.1, 0.15) is 6.04 Å². The molecule has 1 atom stereocenters. The standard InChI is InChI=1S/C21H17Cl2N5O/c22-17-12-11-16(13-18(17)23)28(24)26-19(14-7-3-1-4-8-14)21-25-20(27-29-21)15-9-5-2-6-10-15/h1-13,19,26H,24H2. The molecule has 8 heteroatoms. The van der Waals surface area contributed by atoms with Crippen molar-refractivity contribution in [3.05, 3.63) is 100 Å². The molecule has 1 aromatic heterocycles. The Kier molecular flexibility index (Phi) is 5.78. The summed E-state index contributed by atoms with van der Waals surface area (Å²) in [6.45, 7) is 0. The third-order valence-electron chi connectivity index (χ3n) is 4.30. The SMILES string of the molecule is NN(NC(c1ccccc1)c1nc(-c2ccccc2)no1)c1ccc(Cl)c(Cl)c1. The molecule has 146 valence electrons. The summed E-state index contributed by atoms with van der Waals surface area (Å²) < 4.78 is 5.56. The van der Waals surface area contributed by atoms with Crippen molar-refractivity contribution < 1.29 is 4.52 Å². The van der Waals surface area contributed by atoms with Crippen LogP contribution < -0.4 is 16.4 Å². The maximum Gasteiger partial charge on any atom is 0.250 e. The highest BCUT2D eigenvalue weighted by molar-refractivity contribution is 6.42. The monoisotopic (exact) mass is 425 g/mol. The van der Waals surface area contributed by atoms with Gasteiger partial charge in [0.25, 0.3) is 5.89 Å². The van der Waals surface area contributed by atoms with Crippen molar-refractivity contribution in [1.29, 1.82) is 0 Å². The van der Waals surface area contributed by atoms with Crippen LogP contribution in [-0.2, 0) is 0 Å². The summed E-state index contributed by atoms with van der Waals surface area (Å²) in [6.07, 6.45) is 0. The van der Waals surface area contributed by atoms with E-state index in [9.17, 15) is 0 Å². The van der Waals surface area contributed by atoms with E-state index in [0.29, 0.717) is 27.4 Å². The van der Waals surface area contributed by atoms with Gasteiger partial charge >= 0.3 is 0 Å². The predicted octanol–water partition coefficient (Wildman–Crippen LogP) is 5.02. The van der Waals surface area contributed by atoms with Crippen LogP contribution >= 0.6 is 23.2 Å². The number of halogens is 2. The van der Waals surface area contributed by atoms with Crippen LogP contribution in [0, 0.1) is 0 Å². The predicted molar refractivity (Wildman–Crippen MR) is 114 cm³/mol. The zero-order valence-corrected chi connectivity index (χ0v) is 16.7. The lowest BCUT2D eigenvalue weighted by atomic mass is 10.1. The van der Waals surface area contributed by atoms with Crippen molar-refractivity contribution in [1.82, 2.24) is 15.6 Å². The minimum absolute atomic E-state index is 0.380. The zero-order valence-electron chi connectivity index (χ0n) is 15.2. The van der Waals surface area contributed by atoms with Crippen molar-refractivity contribution in [3.8, 4) is 11.4 Å². The van der Waals surface area contributed by atoms with Crippen molar-refractivity contribution in [2.24, 2.45) is 5.84 Å². The molecule has 4 rings (SSSR count). The van der Waals surface area contributed by atoms with E-state index in [1.807, 2.05) is 60.7 Å². The average molecular weight is 426 g/mol. The van der Waals surface area contributed by atoms with E-state index < -0.39 is 6.04 Å². The van der Waals surface area contributed by atoms with Crippen LogP contribution in [0.3, 0.4) is 0 Å².